The number of benzene rings is 1. The molecule has 1 aliphatic rings. The molecule has 0 saturated carbocycles. The lowest BCUT2D eigenvalue weighted by atomic mass is 10.1. The lowest BCUT2D eigenvalue weighted by molar-refractivity contribution is -0.122. The zero-order valence-electron chi connectivity index (χ0n) is 11.8. The first-order valence-electron chi connectivity index (χ1n) is 6.72. The Morgan fingerprint density at radius 1 is 1.37 bits per heavy atom. The molecule has 3 nitrogen and oxygen atoms in total. The Hall–Kier alpha value is -1.00. The SMILES string of the molecule is CC(C)(C)NC(=O)CCNC1CSc2ccccc21. The summed E-state index contributed by atoms with van der Waals surface area (Å²) >= 11 is 1.88. The van der Waals surface area contributed by atoms with E-state index in [0.717, 1.165) is 12.3 Å². The van der Waals surface area contributed by atoms with Crippen molar-refractivity contribution in [3.05, 3.63) is 29.8 Å². The van der Waals surface area contributed by atoms with Gasteiger partial charge in [0.05, 0.1) is 0 Å². The van der Waals surface area contributed by atoms with Crippen LogP contribution in [0.4, 0.5) is 0 Å². The molecule has 1 aliphatic heterocycles. The van der Waals surface area contributed by atoms with Crippen molar-refractivity contribution >= 4 is 17.7 Å². The Bertz CT molecular complexity index is 454. The van der Waals surface area contributed by atoms with E-state index in [2.05, 4.69) is 34.9 Å². The standard InChI is InChI=1S/C15H22N2OS/c1-15(2,3)17-14(18)8-9-16-12-10-19-13-7-5-4-6-11(12)13/h4-7,12,16H,8-10H2,1-3H3,(H,17,18). The lowest BCUT2D eigenvalue weighted by Crippen LogP contribution is -2.41. The number of carbonyl (C=O) groups excluding carboxylic acids is 1. The number of thioether (sulfide) groups is 1. The topological polar surface area (TPSA) is 41.1 Å². The number of fused-ring (bicyclic) bond motifs is 1. The molecule has 2 rings (SSSR count). The molecule has 4 heteroatoms. The number of carbonyl (C=O) groups is 1. The molecule has 104 valence electrons. The highest BCUT2D eigenvalue weighted by Crippen LogP contribution is 2.37. The third kappa shape index (κ3) is 4.25. The molecule has 0 aliphatic carbocycles. The Balaban J connectivity index is 1.77. The van der Waals surface area contributed by atoms with E-state index in [0.29, 0.717) is 12.5 Å². The van der Waals surface area contributed by atoms with E-state index in [4.69, 9.17) is 0 Å². The third-order valence-electron chi connectivity index (χ3n) is 2.96. The van der Waals surface area contributed by atoms with Gasteiger partial charge in [0, 0.05) is 35.2 Å². The van der Waals surface area contributed by atoms with Crippen molar-refractivity contribution in [3.8, 4) is 0 Å². The molecule has 0 radical (unpaired) electrons. The summed E-state index contributed by atoms with van der Waals surface area (Å²) in [6, 6.07) is 8.86. The Morgan fingerprint density at radius 3 is 2.84 bits per heavy atom. The first-order valence-corrected chi connectivity index (χ1v) is 7.70. The van der Waals surface area contributed by atoms with Crippen LogP contribution >= 0.6 is 11.8 Å². The summed E-state index contributed by atoms with van der Waals surface area (Å²) in [4.78, 5) is 13.1. The molecule has 0 bridgehead atoms. The second kappa shape index (κ2) is 5.97. The molecule has 19 heavy (non-hydrogen) atoms. The zero-order chi connectivity index (χ0) is 13.9. The highest BCUT2D eigenvalue weighted by atomic mass is 32.2. The van der Waals surface area contributed by atoms with Gasteiger partial charge in [-0.2, -0.15) is 0 Å². The van der Waals surface area contributed by atoms with E-state index in [1.54, 1.807) is 0 Å². The van der Waals surface area contributed by atoms with Crippen LogP contribution in [-0.4, -0.2) is 23.7 Å². The van der Waals surface area contributed by atoms with Gasteiger partial charge in [-0.05, 0) is 32.4 Å². The maximum atomic E-state index is 11.7. The first-order chi connectivity index (χ1) is 8.96. The van der Waals surface area contributed by atoms with Crippen LogP contribution in [0.5, 0.6) is 0 Å². The predicted molar refractivity (Wildman–Crippen MR) is 80.4 cm³/mol. The largest absolute Gasteiger partial charge is 0.351 e. The van der Waals surface area contributed by atoms with Gasteiger partial charge in [-0.15, -0.1) is 11.8 Å². The van der Waals surface area contributed by atoms with Crippen molar-refractivity contribution in [2.45, 2.75) is 43.7 Å². The van der Waals surface area contributed by atoms with Gasteiger partial charge >= 0.3 is 0 Å². The van der Waals surface area contributed by atoms with Crippen LogP contribution in [0.2, 0.25) is 0 Å². The van der Waals surface area contributed by atoms with E-state index in [-0.39, 0.29) is 11.4 Å². The van der Waals surface area contributed by atoms with E-state index >= 15 is 0 Å². The van der Waals surface area contributed by atoms with E-state index in [1.807, 2.05) is 32.5 Å². The van der Waals surface area contributed by atoms with Gasteiger partial charge in [-0.1, -0.05) is 18.2 Å². The molecule has 0 fully saturated rings. The summed E-state index contributed by atoms with van der Waals surface area (Å²) in [7, 11) is 0. The monoisotopic (exact) mass is 278 g/mol. The molecular formula is C15H22N2OS. The fraction of sp³-hybridized carbons (Fsp3) is 0.533. The van der Waals surface area contributed by atoms with Crippen LogP contribution in [0, 0.1) is 0 Å². The summed E-state index contributed by atoms with van der Waals surface area (Å²) in [6.07, 6.45) is 0.528. The molecule has 1 atom stereocenters. The van der Waals surface area contributed by atoms with E-state index in [1.165, 1.54) is 10.5 Å². The molecule has 1 heterocycles. The van der Waals surface area contributed by atoms with Crippen LogP contribution in [0.25, 0.3) is 0 Å². The second-order valence-corrected chi connectivity index (χ2v) is 6.97. The zero-order valence-corrected chi connectivity index (χ0v) is 12.6. The molecule has 0 saturated heterocycles. The molecule has 2 N–H and O–H groups in total. The van der Waals surface area contributed by atoms with Crippen LogP contribution < -0.4 is 10.6 Å². The summed E-state index contributed by atoms with van der Waals surface area (Å²) in [5, 5.41) is 6.45. The number of rotatable bonds is 4. The highest BCUT2D eigenvalue weighted by molar-refractivity contribution is 7.99. The van der Waals surface area contributed by atoms with Gasteiger partial charge in [-0.3, -0.25) is 4.79 Å². The molecule has 0 aromatic heterocycles. The van der Waals surface area contributed by atoms with Gasteiger partial charge in [0.25, 0.3) is 0 Å². The minimum Gasteiger partial charge on any atom is -0.351 e. The molecule has 1 aromatic carbocycles. The Morgan fingerprint density at radius 2 is 2.11 bits per heavy atom. The van der Waals surface area contributed by atoms with Gasteiger partial charge in [0.1, 0.15) is 0 Å². The molecule has 1 aromatic rings. The fourth-order valence-corrected chi connectivity index (χ4v) is 3.37. The van der Waals surface area contributed by atoms with Gasteiger partial charge in [0.2, 0.25) is 5.91 Å². The van der Waals surface area contributed by atoms with Crippen LogP contribution in [0.1, 0.15) is 38.8 Å². The van der Waals surface area contributed by atoms with Gasteiger partial charge in [0.15, 0.2) is 0 Å². The third-order valence-corrected chi connectivity index (χ3v) is 4.14. The number of nitrogens with one attached hydrogen (secondary N) is 2. The summed E-state index contributed by atoms with van der Waals surface area (Å²) in [5.74, 6) is 1.17. The van der Waals surface area contributed by atoms with Crippen LogP contribution in [0.3, 0.4) is 0 Å². The molecule has 0 spiro atoms. The molecule has 1 unspecified atom stereocenters. The van der Waals surface area contributed by atoms with Crippen molar-refractivity contribution in [1.82, 2.24) is 10.6 Å². The average Bonchev–Trinajstić information content (AvgIpc) is 2.70. The maximum Gasteiger partial charge on any atom is 0.221 e. The van der Waals surface area contributed by atoms with Crippen molar-refractivity contribution in [1.29, 1.82) is 0 Å². The summed E-state index contributed by atoms with van der Waals surface area (Å²) in [5.41, 5.74) is 1.22. The van der Waals surface area contributed by atoms with E-state index < -0.39 is 0 Å². The second-order valence-electron chi connectivity index (χ2n) is 5.90. The Labute approximate surface area is 119 Å². The minimum atomic E-state index is -0.146. The van der Waals surface area contributed by atoms with Gasteiger partial charge < -0.3 is 10.6 Å². The number of hydrogen-bond acceptors (Lipinski definition) is 3. The van der Waals surface area contributed by atoms with Crippen LogP contribution in [-0.2, 0) is 4.79 Å². The van der Waals surface area contributed by atoms with Crippen molar-refractivity contribution < 1.29 is 4.79 Å². The number of hydrogen-bond donors (Lipinski definition) is 2. The fourth-order valence-electron chi connectivity index (χ4n) is 2.17. The summed E-state index contributed by atoms with van der Waals surface area (Å²) in [6.45, 7) is 6.73. The predicted octanol–water partition coefficient (Wildman–Crippen LogP) is 2.73. The van der Waals surface area contributed by atoms with E-state index in [9.17, 15) is 4.79 Å². The Kier molecular flexibility index (Phi) is 4.53. The van der Waals surface area contributed by atoms with Crippen LogP contribution in [0.15, 0.2) is 29.2 Å². The highest BCUT2D eigenvalue weighted by Gasteiger charge is 2.22. The minimum absolute atomic E-state index is 0.110. The number of amides is 1. The maximum absolute atomic E-state index is 11.7. The van der Waals surface area contributed by atoms with Crippen molar-refractivity contribution in [2.75, 3.05) is 12.3 Å². The molecule has 1 amide bonds. The molecular weight excluding hydrogens is 256 g/mol. The average molecular weight is 278 g/mol. The summed E-state index contributed by atoms with van der Waals surface area (Å²) < 4.78 is 0. The first kappa shape index (κ1) is 14.4. The van der Waals surface area contributed by atoms with Crippen molar-refractivity contribution in [2.24, 2.45) is 0 Å². The van der Waals surface area contributed by atoms with Gasteiger partial charge in [-0.25, -0.2) is 0 Å². The van der Waals surface area contributed by atoms with Crippen molar-refractivity contribution in [3.63, 3.8) is 0 Å². The quantitative estimate of drug-likeness (QED) is 0.890. The normalized spacial score (nSPS) is 18.2. The lowest BCUT2D eigenvalue weighted by Gasteiger charge is -2.21. The smallest absolute Gasteiger partial charge is 0.221 e.